The summed E-state index contributed by atoms with van der Waals surface area (Å²) < 4.78 is 12.5. The maximum atomic E-state index is 9.03. The molecule has 0 atom stereocenters. The number of benzene rings is 2. The van der Waals surface area contributed by atoms with E-state index in [-0.39, 0.29) is 0 Å². The number of nitrogens with zero attached hydrogens (tertiary/aromatic N) is 1. The van der Waals surface area contributed by atoms with E-state index in [4.69, 9.17) is 14.7 Å². The van der Waals surface area contributed by atoms with Gasteiger partial charge in [0.05, 0.1) is 21.6 Å². The topological polar surface area (TPSA) is 42.2 Å². The lowest BCUT2D eigenvalue weighted by molar-refractivity contribution is 0.409. The van der Waals surface area contributed by atoms with Gasteiger partial charge in [-0.25, -0.2) is 0 Å². The summed E-state index contributed by atoms with van der Waals surface area (Å²) in [5, 5.41) is 9.03. The van der Waals surface area contributed by atoms with Gasteiger partial charge in [-0.3, -0.25) is 0 Å². The Labute approximate surface area is 128 Å². The van der Waals surface area contributed by atoms with Gasteiger partial charge in [-0.15, -0.1) is 0 Å². The fourth-order valence-electron chi connectivity index (χ4n) is 1.51. The second kappa shape index (κ2) is 6.09. The Morgan fingerprint density at radius 2 is 1.63 bits per heavy atom. The van der Waals surface area contributed by atoms with Crippen molar-refractivity contribution < 1.29 is 9.47 Å². The van der Waals surface area contributed by atoms with E-state index in [2.05, 4.69) is 37.9 Å². The molecule has 0 amide bonds. The zero-order valence-electron chi connectivity index (χ0n) is 9.98. The van der Waals surface area contributed by atoms with Crippen LogP contribution in [0, 0.1) is 11.3 Å². The highest BCUT2D eigenvalue weighted by molar-refractivity contribution is 9.11. The van der Waals surface area contributed by atoms with Crippen molar-refractivity contribution in [3.05, 3.63) is 50.9 Å². The lowest BCUT2D eigenvalue weighted by atomic mass is 10.2. The molecule has 0 bridgehead atoms. The van der Waals surface area contributed by atoms with Gasteiger partial charge in [0.15, 0.2) is 0 Å². The first-order chi connectivity index (χ1) is 9.15. The molecule has 2 aromatic rings. The van der Waals surface area contributed by atoms with Crippen LogP contribution in [0.25, 0.3) is 0 Å². The van der Waals surface area contributed by atoms with Crippen LogP contribution in [0.5, 0.6) is 17.2 Å². The van der Waals surface area contributed by atoms with Gasteiger partial charge in [-0.1, -0.05) is 12.1 Å². The van der Waals surface area contributed by atoms with E-state index in [1.807, 2.05) is 6.07 Å². The Balaban J connectivity index is 2.39. The predicted octanol–water partition coefficient (Wildman–Crippen LogP) is 4.88. The van der Waals surface area contributed by atoms with Gasteiger partial charge in [0, 0.05) is 0 Å². The average molecular weight is 383 g/mol. The van der Waals surface area contributed by atoms with Crippen LogP contribution in [0.3, 0.4) is 0 Å². The fraction of sp³-hybridized carbons (Fsp3) is 0.0714. The molecule has 96 valence electrons. The highest BCUT2D eigenvalue weighted by atomic mass is 79.9. The summed E-state index contributed by atoms with van der Waals surface area (Å²) in [6.07, 6.45) is 0. The molecule has 0 unspecified atom stereocenters. The molecular weight excluding hydrogens is 374 g/mol. The van der Waals surface area contributed by atoms with E-state index in [1.165, 1.54) is 0 Å². The van der Waals surface area contributed by atoms with E-state index in [9.17, 15) is 0 Å². The summed E-state index contributed by atoms with van der Waals surface area (Å²) in [4.78, 5) is 0. The molecule has 3 nitrogen and oxygen atoms in total. The molecule has 0 fully saturated rings. The molecular formula is C14H9Br2NO2. The Morgan fingerprint density at radius 1 is 1.00 bits per heavy atom. The van der Waals surface area contributed by atoms with Crippen molar-refractivity contribution in [2.45, 2.75) is 0 Å². The largest absolute Gasteiger partial charge is 0.496 e. The van der Waals surface area contributed by atoms with Crippen LogP contribution in [0.2, 0.25) is 0 Å². The number of nitriles is 1. The minimum atomic E-state index is 0.487. The zero-order valence-corrected chi connectivity index (χ0v) is 13.2. The van der Waals surface area contributed by atoms with Crippen molar-refractivity contribution in [3.63, 3.8) is 0 Å². The molecule has 5 heteroatoms. The summed E-state index contributed by atoms with van der Waals surface area (Å²) in [5.41, 5.74) is 0.487. The average Bonchev–Trinajstić information content (AvgIpc) is 2.43. The first kappa shape index (κ1) is 13.9. The Kier molecular flexibility index (Phi) is 4.46. The van der Waals surface area contributed by atoms with Gasteiger partial charge < -0.3 is 9.47 Å². The minimum Gasteiger partial charge on any atom is -0.496 e. The summed E-state index contributed by atoms with van der Waals surface area (Å²) in [5.74, 6) is 1.82. The standard InChI is InChI=1S/C14H9Br2NO2/c1-18-13-6-11(16)14(7-10(13)15)19-12-5-3-2-4-9(12)8-17/h2-7H,1H3. The number of ether oxygens (including phenoxy) is 2. The molecule has 2 aromatic carbocycles. The Morgan fingerprint density at radius 3 is 2.32 bits per heavy atom. The van der Waals surface area contributed by atoms with E-state index < -0.39 is 0 Å². The molecule has 0 aliphatic rings. The van der Waals surface area contributed by atoms with Crippen LogP contribution in [-0.2, 0) is 0 Å². The van der Waals surface area contributed by atoms with Gasteiger partial charge in [0.25, 0.3) is 0 Å². The van der Waals surface area contributed by atoms with Crippen molar-refractivity contribution in [2.24, 2.45) is 0 Å². The third-order valence-electron chi connectivity index (χ3n) is 2.43. The molecule has 0 radical (unpaired) electrons. The molecule has 0 saturated heterocycles. The van der Waals surface area contributed by atoms with E-state index in [0.29, 0.717) is 22.8 Å². The second-order valence-electron chi connectivity index (χ2n) is 3.63. The van der Waals surface area contributed by atoms with Crippen molar-refractivity contribution in [1.82, 2.24) is 0 Å². The van der Waals surface area contributed by atoms with Crippen molar-refractivity contribution >= 4 is 31.9 Å². The molecule has 19 heavy (non-hydrogen) atoms. The van der Waals surface area contributed by atoms with Crippen LogP contribution in [-0.4, -0.2) is 7.11 Å². The molecule has 0 N–H and O–H groups in total. The van der Waals surface area contributed by atoms with E-state index >= 15 is 0 Å². The smallest absolute Gasteiger partial charge is 0.145 e. The molecule has 0 aromatic heterocycles. The maximum Gasteiger partial charge on any atom is 0.145 e. The number of para-hydroxylation sites is 1. The van der Waals surface area contributed by atoms with E-state index in [1.54, 1.807) is 37.4 Å². The van der Waals surface area contributed by atoms with Gasteiger partial charge in [0.1, 0.15) is 23.3 Å². The normalized spacial score (nSPS) is 9.79. The number of methoxy groups -OCH3 is 1. The zero-order chi connectivity index (χ0) is 13.8. The van der Waals surface area contributed by atoms with Crippen LogP contribution in [0.15, 0.2) is 45.3 Å². The monoisotopic (exact) mass is 381 g/mol. The van der Waals surface area contributed by atoms with Gasteiger partial charge in [0.2, 0.25) is 0 Å². The summed E-state index contributed by atoms with van der Waals surface area (Å²) in [6.45, 7) is 0. The third-order valence-corrected chi connectivity index (χ3v) is 3.67. The van der Waals surface area contributed by atoms with Crippen LogP contribution < -0.4 is 9.47 Å². The fourth-order valence-corrected chi connectivity index (χ4v) is 2.40. The molecule has 2 rings (SSSR count). The molecule has 0 spiro atoms. The Bertz CT molecular complexity index is 650. The highest BCUT2D eigenvalue weighted by Crippen LogP contribution is 2.38. The quantitative estimate of drug-likeness (QED) is 0.759. The number of rotatable bonds is 3. The van der Waals surface area contributed by atoms with Crippen LogP contribution in [0.1, 0.15) is 5.56 Å². The minimum absolute atomic E-state index is 0.487. The van der Waals surface area contributed by atoms with Gasteiger partial charge in [-0.05, 0) is 56.1 Å². The van der Waals surface area contributed by atoms with Crippen molar-refractivity contribution in [1.29, 1.82) is 5.26 Å². The highest BCUT2D eigenvalue weighted by Gasteiger charge is 2.11. The van der Waals surface area contributed by atoms with Crippen molar-refractivity contribution in [3.8, 4) is 23.3 Å². The lowest BCUT2D eigenvalue weighted by Gasteiger charge is -2.11. The first-order valence-corrected chi connectivity index (χ1v) is 6.94. The maximum absolute atomic E-state index is 9.03. The molecule has 0 aliphatic heterocycles. The Hall–Kier alpha value is -1.51. The SMILES string of the molecule is COc1cc(Br)c(Oc2ccccc2C#N)cc1Br. The summed E-state index contributed by atoms with van der Waals surface area (Å²) >= 11 is 6.82. The first-order valence-electron chi connectivity index (χ1n) is 5.35. The lowest BCUT2D eigenvalue weighted by Crippen LogP contribution is -1.91. The summed E-state index contributed by atoms with van der Waals surface area (Å²) in [6, 6.07) is 12.8. The molecule has 0 heterocycles. The van der Waals surface area contributed by atoms with E-state index in [0.717, 1.165) is 8.95 Å². The number of hydrogen-bond acceptors (Lipinski definition) is 3. The van der Waals surface area contributed by atoms with Crippen LogP contribution >= 0.6 is 31.9 Å². The molecule has 0 saturated carbocycles. The third kappa shape index (κ3) is 3.09. The van der Waals surface area contributed by atoms with Crippen molar-refractivity contribution in [2.75, 3.05) is 7.11 Å². The van der Waals surface area contributed by atoms with Gasteiger partial charge in [-0.2, -0.15) is 5.26 Å². The number of hydrogen-bond donors (Lipinski definition) is 0. The van der Waals surface area contributed by atoms with Gasteiger partial charge >= 0.3 is 0 Å². The second-order valence-corrected chi connectivity index (χ2v) is 5.34. The predicted molar refractivity (Wildman–Crippen MR) is 79.6 cm³/mol. The number of halogens is 2. The van der Waals surface area contributed by atoms with Crippen LogP contribution in [0.4, 0.5) is 0 Å². The summed E-state index contributed by atoms with van der Waals surface area (Å²) in [7, 11) is 1.60. The molecule has 0 aliphatic carbocycles.